The minimum Gasteiger partial charge on any atom is -0.507 e. The van der Waals surface area contributed by atoms with Crippen molar-refractivity contribution in [3.05, 3.63) is 58.0 Å². The van der Waals surface area contributed by atoms with E-state index in [1.807, 2.05) is 4.90 Å². The molecular formula is C47H65N4O14P. The molecule has 5 heterocycles. The predicted octanol–water partition coefficient (Wildman–Crippen LogP) is 5.32. The Bertz CT molecular complexity index is 2490. The van der Waals surface area contributed by atoms with Crippen LogP contribution in [0.4, 0.5) is 5.69 Å². The molecule has 19 heteroatoms. The van der Waals surface area contributed by atoms with Gasteiger partial charge in [0.05, 0.1) is 54.4 Å². The van der Waals surface area contributed by atoms with Crippen LogP contribution < -0.4 is 20.8 Å². The Morgan fingerprint density at radius 2 is 1.61 bits per heavy atom. The Balaban J connectivity index is 1.52. The van der Waals surface area contributed by atoms with Crippen LogP contribution in [0.3, 0.4) is 0 Å². The fourth-order valence-corrected chi connectivity index (χ4v) is 11.2. The highest BCUT2D eigenvalue weighted by molar-refractivity contribution is 7.53. The number of methoxy groups -OCH3 is 1. The Morgan fingerprint density at radius 3 is 2.21 bits per heavy atom. The number of fused-ring (bicyclic) bond motifs is 13. The summed E-state index contributed by atoms with van der Waals surface area (Å²) in [5, 5.41) is 50.3. The second kappa shape index (κ2) is 19.9. The first kappa shape index (κ1) is 50.7. The molecule has 2 aromatic rings. The van der Waals surface area contributed by atoms with Crippen molar-refractivity contribution in [2.75, 3.05) is 45.0 Å². The highest BCUT2D eigenvalue weighted by Crippen LogP contribution is 2.52. The van der Waals surface area contributed by atoms with Crippen LogP contribution in [0.15, 0.2) is 46.1 Å². The molecule has 362 valence electrons. The molecule has 5 aliphatic heterocycles. The first-order valence-corrected chi connectivity index (χ1v) is 24.2. The Morgan fingerprint density at radius 1 is 0.955 bits per heavy atom. The summed E-state index contributed by atoms with van der Waals surface area (Å²) in [6.45, 7) is 17.4. The highest BCUT2D eigenvalue weighted by Gasteiger charge is 2.51. The number of carbonyl (C=O) groups is 3. The van der Waals surface area contributed by atoms with Crippen molar-refractivity contribution in [1.29, 1.82) is 0 Å². The highest BCUT2D eigenvalue weighted by atomic mass is 31.2. The third-order valence-electron chi connectivity index (χ3n) is 13.3. The second-order valence-corrected chi connectivity index (χ2v) is 20.0. The van der Waals surface area contributed by atoms with Crippen LogP contribution in [0.1, 0.15) is 91.1 Å². The summed E-state index contributed by atoms with van der Waals surface area (Å²) in [6, 6.07) is 0. The Labute approximate surface area is 384 Å². The van der Waals surface area contributed by atoms with Crippen molar-refractivity contribution in [3.8, 4) is 17.2 Å². The van der Waals surface area contributed by atoms with Gasteiger partial charge in [-0.3, -0.25) is 28.8 Å². The van der Waals surface area contributed by atoms with Gasteiger partial charge in [0.2, 0.25) is 0 Å². The molecule has 18 nitrogen and oxygen atoms in total. The number of ether oxygens (including phenoxy) is 4. The molecule has 9 atom stereocenters. The third-order valence-corrected chi connectivity index (χ3v) is 15.4. The number of phenolic OH excluding ortho intramolecular Hbond substituents is 2. The number of carbonyl (C=O) groups excluding carboxylic acids is 3. The zero-order valence-electron chi connectivity index (χ0n) is 39.6. The number of nitrogens with one attached hydrogen (secondary N) is 1. The number of amides is 1. The molecule has 7 rings (SSSR count). The van der Waals surface area contributed by atoms with Crippen molar-refractivity contribution >= 4 is 41.7 Å². The van der Waals surface area contributed by atoms with E-state index in [2.05, 4.69) is 10.3 Å². The van der Waals surface area contributed by atoms with Crippen LogP contribution in [0, 0.1) is 30.6 Å². The van der Waals surface area contributed by atoms with E-state index in [-0.39, 0.29) is 69.1 Å². The standard InChI is InChI=1S/C47H65N4O14P/c1-12-62-66(59,63-13-2)23-51-20-18-47(19-21-51)49-35-32-33-40(55)29(8)43-34(32)44(57)46(10,65-43)61-22-17-31(60-11)26(5)42(64-30(9)52)28(7)39(54)27(6)38(53)24(3)15-14-16-25(4)45(58)48-37(41(33)56)36(35)50-47/h14-17,22,24,26-28,31,38-39,42,49,53-56H,12-13,18-21,23H2,1-11H3/t24-,26+,27+,28+,31-,38-,39+,42+,46-/m0/s1. The quantitative estimate of drug-likeness (QED) is 0.128. The van der Waals surface area contributed by atoms with Gasteiger partial charge in [-0.25, -0.2) is 4.99 Å². The topological polar surface area (TPSA) is 245 Å². The molecule has 5 bridgehead atoms. The molecule has 5 aliphatic rings. The van der Waals surface area contributed by atoms with Crippen LogP contribution >= 0.6 is 7.60 Å². The molecule has 1 spiro atoms. The molecule has 1 saturated heterocycles. The second-order valence-electron chi connectivity index (χ2n) is 18.0. The maximum Gasteiger partial charge on any atom is 0.344 e. The first-order chi connectivity index (χ1) is 31.1. The lowest BCUT2D eigenvalue weighted by atomic mass is 9.78. The smallest absolute Gasteiger partial charge is 0.344 e. The van der Waals surface area contributed by atoms with Crippen LogP contribution in [-0.4, -0.2) is 119 Å². The lowest BCUT2D eigenvalue weighted by molar-refractivity contribution is -0.160. The number of anilines is 1. The number of ketones is 1. The lowest BCUT2D eigenvalue weighted by Crippen LogP contribution is -2.47. The van der Waals surface area contributed by atoms with Crippen molar-refractivity contribution in [3.63, 3.8) is 0 Å². The van der Waals surface area contributed by atoms with E-state index in [0.717, 1.165) is 0 Å². The number of hydrogen-bond donors (Lipinski definition) is 5. The molecule has 5 N–H and O–H groups in total. The predicted molar refractivity (Wildman–Crippen MR) is 244 cm³/mol. The van der Waals surface area contributed by atoms with Gasteiger partial charge in [-0.1, -0.05) is 45.9 Å². The van der Waals surface area contributed by atoms with E-state index in [9.17, 15) is 39.4 Å². The normalized spacial score (nSPS) is 29.5. The number of hydrogen-bond acceptors (Lipinski definition) is 17. The number of esters is 1. The van der Waals surface area contributed by atoms with Gasteiger partial charge in [0.25, 0.3) is 11.7 Å². The molecule has 0 aromatic heterocycles. The largest absolute Gasteiger partial charge is 0.507 e. The fourth-order valence-electron chi connectivity index (χ4n) is 9.44. The number of aliphatic hydroxyl groups is 2. The zero-order valence-corrected chi connectivity index (χ0v) is 40.5. The maximum atomic E-state index is 14.8. The van der Waals surface area contributed by atoms with E-state index >= 15 is 0 Å². The van der Waals surface area contributed by atoms with Crippen molar-refractivity contribution in [2.24, 2.45) is 33.7 Å². The number of rotatable bonds is 8. The molecule has 66 heavy (non-hydrogen) atoms. The number of Topliss-reactive ketones (excluding diaryl/α,β-unsaturated/α-hetero) is 1. The molecule has 2 aromatic carbocycles. The molecule has 1 fully saturated rings. The molecule has 1 amide bonds. The number of likely N-dealkylation sites (tertiary alicyclic amines) is 1. The van der Waals surface area contributed by atoms with E-state index < -0.39 is 96.3 Å². The van der Waals surface area contributed by atoms with E-state index in [0.29, 0.717) is 25.9 Å². The molecule has 0 aliphatic carbocycles. The van der Waals surface area contributed by atoms with E-state index in [4.69, 9.17) is 33.0 Å². The number of aromatic hydroxyl groups is 2. The lowest BCUT2D eigenvalue weighted by Gasteiger charge is -2.38. The number of nitrogens with zero attached hydrogens (tertiary/aromatic N) is 3. The fraction of sp³-hybridized carbons (Fsp3) is 0.596. The molecule has 0 radical (unpaired) electrons. The average molecular weight is 941 g/mol. The summed E-state index contributed by atoms with van der Waals surface area (Å²) in [6.07, 6.45) is 4.42. The number of benzene rings is 2. The van der Waals surface area contributed by atoms with Gasteiger partial charge in [0.15, 0.2) is 5.75 Å². The Kier molecular flexibility index (Phi) is 15.3. The molecule has 0 unspecified atom stereocenters. The minimum absolute atomic E-state index is 0.000507. The third kappa shape index (κ3) is 9.69. The maximum absolute atomic E-state index is 14.8. The minimum atomic E-state index is -3.42. The van der Waals surface area contributed by atoms with Gasteiger partial charge >= 0.3 is 19.4 Å². The van der Waals surface area contributed by atoms with Gasteiger partial charge in [-0.2, -0.15) is 0 Å². The van der Waals surface area contributed by atoms with Crippen LogP contribution in [0.5, 0.6) is 17.2 Å². The molecular weight excluding hydrogens is 876 g/mol. The summed E-state index contributed by atoms with van der Waals surface area (Å²) in [4.78, 5) is 52.6. The van der Waals surface area contributed by atoms with Gasteiger partial charge in [0, 0.05) is 87.1 Å². The van der Waals surface area contributed by atoms with Crippen LogP contribution in [-0.2, 0) is 37.4 Å². The first-order valence-electron chi connectivity index (χ1n) is 22.5. The van der Waals surface area contributed by atoms with Crippen molar-refractivity contribution in [1.82, 2.24) is 4.90 Å². The van der Waals surface area contributed by atoms with Crippen LogP contribution in [0.25, 0.3) is 10.8 Å². The van der Waals surface area contributed by atoms with E-state index in [1.54, 1.807) is 53.7 Å². The van der Waals surface area contributed by atoms with Crippen molar-refractivity contribution < 1.29 is 67.4 Å². The number of aliphatic hydroxyl groups excluding tert-OH is 2. The average Bonchev–Trinajstić information content (AvgIpc) is 3.77. The monoisotopic (exact) mass is 940 g/mol. The SMILES string of the molecule is CCOP(=O)(CN1CCC2(CC1)N=c1c(c3c4c5c(C)c(O)c3c(O)c1=NC(=O)C(C)=CC=C[C@H](C)[C@H](O)[C@@H](C)[C@@H](O)[C@@H](C)[C@H](OC(C)=O)[C@H](C)[C@@H](OC)C=CO[C@@](C)(O5)C4=O)N2)OCC. The van der Waals surface area contributed by atoms with Crippen LogP contribution in [0.2, 0.25) is 0 Å². The van der Waals surface area contributed by atoms with E-state index in [1.165, 1.54) is 53.2 Å². The van der Waals surface area contributed by atoms with Gasteiger partial charge in [-0.15, -0.1) is 0 Å². The summed E-state index contributed by atoms with van der Waals surface area (Å²) in [5.74, 6) is -7.50. The van der Waals surface area contributed by atoms with Crippen molar-refractivity contribution in [2.45, 2.75) is 118 Å². The summed E-state index contributed by atoms with van der Waals surface area (Å²) < 4.78 is 48.6. The summed E-state index contributed by atoms with van der Waals surface area (Å²) in [7, 11) is -1.97. The van der Waals surface area contributed by atoms with Gasteiger partial charge in [0.1, 0.15) is 40.3 Å². The number of piperidine rings is 1. The van der Waals surface area contributed by atoms with Gasteiger partial charge in [-0.05, 0) is 33.8 Å². The summed E-state index contributed by atoms with van der Waals surface area (Å²) >= 11 is 0. The van der Waals surface area contributed by atoms with Gasteiger partial charge < -0.3 is 53.7 Å². The zero-order chi connectivity index (χ0) is 48.6. The Hall–Kier alpha value is -4.68. The molecule has 0 saturated carbocycles. The number of allylic oxidation sites excluding steroid dienone is 2. The number of phenols is 2. The summed E-state index contributed by atoms with van der Waals surface area (Å²) in [5.41, 5.74) is -0.557.